The van der Waals surface area contributed by atoms with Gasteiger partial charge < -0.3 is 15.0 Å². The summed E-state index contributed by atoms with van der Waals surface area (Å²) < 4.78 is 0. The van der Waals surface area contributed by atoms with E-state index in [0.717, 1.165) is 24.0 Å². The smallest absolute Gasteiger partial charge is 0.123 e. The Hall–Kier alpha value is -1.51. The Kier molecular flexibility index (Phi) is 15.7. The lowest BCUT2D eigenvalue weighted by molar-refractivity contribution is -0.311. The van der Waals surface area contributed by atoms with Gasteiger partial charge >= 0.3 is 0 Å². The number of rotatable bonds is 19. The van der Waals surface area contributed by atoms with Crippen LogP contribution in [0.1, 0.15) is 181 Å². The number of aliphatic carboxylic acids is 1. The molecule has 0 spiro atoms. The first kappa shape index (κ1) is 34.5. The lowest BCUT2D eigenvalue weighted by Crippen LogP contribution is -2.29. The molecule has 0 saturated heterocycles. The first-order chi connectivity index (χ1) is 17.8. The largest absolute Gasteiger partial charge is 0.550 e. The number of carbonyl (C=O) groups is 1. The van der Waals surface area contributed by atoms with Crippen LogP contribution in [0.5, 0.6) is 5.75 Å². The number of phenolic OH excluding ortho intramolecular Hbond substituents is 1. The molecular formula is C35H61O3-. The average molecular weight is 530 g/mol. The number of unbranched alkanes of at least 4 members (excludes halogenated alkanes) is 12. The summed E-state index contributed by atoms with van der Waals surface area (Å²) in [5.74, 6) is -0.685. The minimum absolute atomic E-state index is 0.168. The van der Waals surface area contributed by atoms with Crippen molar-refractivity contribution in [3.05, 3.63) is 28.8 Å². The molecule has 0 aliphatic rings. The number of aromatic hydroxyl groups is 1. The highest BCUT2D eigenvalue weighted by molar-refractivity contribution is 5.67. The molecule has 2 unspecified atom stereocenters. The fourth-order valence-corrected chi connectivity index (χ4v) is 5.49. The van der Waals surface area contributed by atoms with Gasteiger partial charge in [-0.05, 0) is 58.6 Å². The van der Waals surface area contributed by atoms with E-state index in [-0.39, 0.29) is 10.8 Å². The lowest BCUT2D eigenvalue weighted by atomic mass is 9.75. The number of benzene rings is 1. The Balaban J connectivity index is 2.75. The van der Waals surface area contributed by atoms with Crippen LogP contribution in [0.25, 0.3) is 0 Å². The molecule has 1 aromatic rings. The maximum atomic E-state index is 11.4. The zero-order valence-electron chi connectivity index (χ0n) is 26.4. The number of hydrogen-bond donors (Lipinski definition) is 1. The van der Waals surface area contributed by atoms with Crippen LogP contribution >= 0.6 is 0 Å². The van der Waals surface area contributed by atoms with Crippen molar-refractivity contribution in [2.45, 2.75) is 175 Å². The third-order valence-corrected chi connectivity index (χ3v) is 8.23. The van der Waals surface area contributed by atoms with E-state index in [0.29, 0.717) is 18.1 Å². The second kappa shape index (κ2) is 17.2. The predicted octanol–water partition coefficient (Wildman–Crippen LogP) is 9.72. The van der Waals surface area contributed by atoms with Crippen LogP contribution in [0, 0.1) is 5.92 Å². The predicted molar refractivity (Wildman–Crippen MR) is 162 cm³/mol. The molecule has 0 aromatic heterocycles. The molecule has 0 bridgehead atoms. The molecule has 3 nitrogen and oxygen atoms in total. The third-order valence-electron chi connectivity index (χ3n) is 8.23. The van der Waals surface area contributed by atoms with Crippen molar-refractivity contribution < 1.29 is 15.0 Å². The molecule has 0 saturated carbocycles. The molecular weight excluding hydrogens is 468 g/mol. The van der Waals surface area contributed by atoms with Crippen LogP contribution in [0.4, 0.5) is 0 Å². The standard InChI is InChI=1S/C35H62O3/c1-9-10-11-12-13-14-15-16-17-18-19-20-21-22-28(24-23-27(2)33(37)38)29-25-30(34(3,4)5)32(36)31(26-29)35(6,7)8/h25-28,36H,9-24H2,1-8H3,(H,37,38)/p-1. The molecule has 0 aliphatic carbocycles. The fourth-order valence-electron chi connectivity index (χ4n) is 5.49. The summed E-state index contributed by atoms with van der Waals surface area (Å²) in [6.07, 6.45) is 20.0. The molecule has 0 amide bonds. The van der Waals surface area contributed by atoms with Gasteiger partial charge in [0, 0.05) is 5.97 Å². The van der Waals surface area contributed by atoms with Crippen LogP contribution < -0.4 is 5.11 Å². The molecule has 220 valence electrons. The average Bonchev–Trinajstić information content (AvgIpc) is 2.82. The van der Waals surface area contributed by atoms with Crippen molar-refractivity contribution in [1.29, 1.82) is 0 Å². The summed E-state index contributed by atoms with van der Waals surface area (Å²) in [7, 11) is 0. The van der Waals surface area contributed by atoms with Crippen LogP contribution in [0.2, 0.25) is 0 Å². The number of carboxylic acid groups (broad SMARTS) is 1. The first-order valence-electron chi connectivity index (χ1n) is 15.9. The molecule has 0 fully saturated rings. The van der Waals surface area contributed by atoms with Crippen molar-refractivity contribution in [2.75, 3.05) is 0 Å². The molecule has 2 atom stereocenters. The highest BCUT2D eigenvalue weighted by Crippen LogP contribution is 2.42. The fraction of sp³-hybridized carbons (Fsp3) is 0.800. The molecule has 0 radical (unpaired) electrons. The number of carboxylic acids is 1. The van der Waals surface area contributed by atoms with E-state index in [2.05, 4.69) is 60.6 Å². The summed E-state index contributed by atoms with van der Waals surface area (Å²) in [5.41, 5.74) is 2.89. The van der Waals surface area contributed by atoms with Gasteiger partial charge in [0.15, 0.2) is 0 Å². The van der Waals surface area contributed by atoms with Gasteiger partial charge in [0.05, 0.1) is 0 Å². The Morgan fingerprint density at radius 3 is 1.47 bits per heavy atom. The molecule has 3 heteroatoms. The monoisotopic (exact) mass is 529 g/mol. The summed E-state index contributed by atoms with van der Waals surface area (Å²) in [6.45, 7) is 16.9. The summed E-state index contributed by atoms with van der Waals surface area (Å²) in [5, 5.41) is 22.6. The molecule has 38 heavy (non-hydrogen) atoms. The van der Waals surface area contributed by atoms with Crippen LogP contribution in [-0.2, 0) is 15.6 Å². The third kappa shape index (κ3) is 13.0. The van der Waals surface area contributed by atoms with E-state index in [9.17, 15) is 15.0 Å². The van der Waals surface area contributed by atoms with E-state index in [1.807, 2.05) is 0 Å². The Morgan fingerprint density at radius 2 is 1.11 bits per heavy atom. The van der Waals surface area contributed by atoms with Crippen molar-refractivity contribution in [1.82, 2.24) is 0 Å². The van der Waals surface area contributed by atoms with Gasteiger partial charge in [-0.15, -0.1) is 0 Å². The van der Waals surface area contributed by atoms with Gasteiger partial charge in [-0.25, -0.2) is 0 Å². The van der Waals surface area contributed by atoms with Gasteiger partial charge in [0.25, 0.3) is 0 Å². The van der Waals surface area contributed by atoms with Crippen molar-refractivity contribution >= 4 is 5.97 Å². The van der Waals surface area contributed by atoms with Crippen molar-refractivity contribution in [3.63, 3.8) is 0 Å². The summed E-state index contributed by atoms with van der Waals surface area (Å²) in [6, 6.07) is 4.39. The number of hydrogen-bond acceptors (Lipinski definition) is 3. The van der Waals surface area contributed by atoms with Gasteiger partial charge in [-0.3, -0.25) is 0 Å². The minimum Gasteiger partial charge on any atom is -0.550 e. The lowest BCUT2D eigenvalue weighted by Gasteiger charge is -2.30. The normalized spacial score (nSPS) is 14.0. The minimum atomic E-state index is -0.957. The quantitative estimate of drug-likeness (QED) is 0.181. The Labute approximate surface area is 236 Å². The van der Waals surface area contributed by atoms with E-state index in [1.165, 1.54) is 89.0 Å². The SMILES string of the molecule is CCCCCCCCCCCCCCCC(CCC(C)C(=O)[O-])c1cc(C(C)(C)C)c(O)c(C(C)(C)C)c1. The van der Waals surface area contributed by atoms with Crippen LogP contribution in [-0.4, -0.2) is 11.1 Å². The maximum Gasteiger partial charge on any atom is 0.123 e. The maximum absolute atomic E-state index is 11.4. The van der Waals surface area contributed by atoms with Gasteiger partial charge in [0.2, 0.25) is 0 Å². The second-order valence-corrected chi connectivity index (χ2v) is 14.0. The van der Waals surface area contributed by atoms with Gasteiger partial charge in [-0.2, -0.15) is 0 Å². The second-order valence-electron chi connectivity index (χ2n) is 14.0. The topological polar surface area (TPSA) is 60.4 Å². The van der Waals surface area contributed by atoms with Crippen LogP contribution in [0.15, 0.2) is 12.1 Å². The van der Waals surface area contributed by atoms with Crippen LogP contribution in [0.3, 0.4) is 0 Å². The molecule has 1 N–H and O–H groups in total. The highest BCUT2D eigenvalue weighted by Gasteiger charge is 2.28. The zero-order chi connectivity index (χ0) is 28.8. The van der Waals surface area contributed by atoms with E-state index < -0.39 is 11.9 Å². The Morgan fingerprint density at radius 1 is 0.711 bits per heavy atom. The van der Waals surface area contributed by atoms with Gasteiger partial charge in [-0.1, -0.05) is 151 Å². The molecule has 1 aromatic carbocycles. The van der Waals surface area contributed by atoms with E-state index in [1.54, 1.807) is 6.92 Å². The highest BCUT2D eigenvalue weighted by atomic mass is 16.4. The van der Waals surface area contributed by atoms with Crippen molar-refractivity contribution in [3.8, 4) is 5.75 Å². The Bertz CT molecular complexity index is 761. The summed E-state index contributed by atoms with van der Waals surface area (Å²) in [4.78, 5) is 11.4. The zero-order valence-corrected chi connectivity index (χ0v) is 26.4. The first-order valence-corrected chi connectivity index (χ1v) is 15.9. The molecule has 0 aliphatic heterocycles. The molecule has 1 rings (SSSR count). The number of phenols is 1. The van der Waals surface area contributed by atoms with E-state index in [4.69, 9.17) is 0 Å². The summed E-state index contributed by atoms with van der Waals surface area (Å²) >= 11 is 0. The van der Waals surface area contributed by atoms with E-state index >= 15 is 0 Å². The van der Waals surface area contributed by atoms with Crippen molar-refractivity contribution in [2.24, 2.45) is 5.92 Å². The number of carbonyl (C=O) groups excluding carboxylic acids is 1. The van der Waals surface area contributed by atoms with Gasteiger partial charge in [0.1, 0.15) is 5.75 Å². The molecule has 0 heterocycles.